The van der Waals surface area contributed by atoms with Crippen molar-refractivity contribution < 1.29 is 14.2 Å². The van der Waals surface area contributed by atoms with Gasteiger partial charge >= 0.3 is 0 Å². The van der Waals surface area contributed by atoms with Gasteiger partial charge in [0.05, 0.1) is 42.5 Å². The zero-order valence-electron chi connectivity index (χ0n) is 15.0. The molecule has 7 heteroatoms. The van der Waals surface area contributed by atoms with Gasteiger partial charge in [0.2, 0.25) is 0 Å². The number of rotatable bonds is 9. The molecule has 0 saturated heterocycles. The van der Waals surface area contributed by atoms with Gasteiger partial charge in [-0.1, -0.05) is 13.0 Å². The Kier molecular flexibility index (Phi) is 8.25. The summed E-state index contributed by atoms with van der Waals surface area (Å²) in [5.74, 6) is 2.22. The fourth-order valence-corrected chi connectivity index (χ4v) is 3.69. The van der Waals surface area contributed by atoms with Gasteiger partial charge < -0.3 is 19.6 Å². The lowest BCUT2D eigenvalue weighted by Crippen LogP contribution is -2.06. The van der Waals surface area contributed by atoms with Crippen molar-refractivity contribution in [3.05, 3.63) is 50.4 Å². The van der Waals surface area contributed by atoms with E-state index in [1.807, 2.05) is 30.3 Å². The average Bonchev–Trinajstić information content (AvgIpc) is 2.64. The van der Waals surface area contributed by atoms with E-state index in [1.54, 1.807) is 20.4 Å². The Hall–Kier alpha value is -1.73. The first-order valence-electron chi connectivity index (χ1n) is 8.17. The fourth-order valence-electron chi connectivity index (χ4n) is 2.24. The molecule has 5 nitrogen and oxygen atoms in total. The SMILES string of the molecule is CCCOc1c(Br)cc(/C=N\NCc2ccc(OC)c(OC)c2)cc1Br. The molecular formula is C19H22Br2N2O3. The molecular weight excluding hydrogens is 464 g/mol. The van der Waals surface area contributed by atoms with Gasteiger partial charge in [-0.15, -0.1) is 0 Å². The summed E-state index contributed by atoms with van der Waals surface area (Å²) in [5.41, 5.74) is 5.04. The standard InChI is InChI=1S/C19H22Br2N2O3/c1-4-7-26-19-15(20)8-14(9-16(19)21)12-23-22-11-13-5-6-17(24-2)18(10-13)25-3/h5-6,8-10,12,22H,4,7,11H2,1-3H3/b23-12-. The zero-order chi connectivity index (χ0) is 18.9. The van der Waals surface area contributed by atoms with Crippen LogP contribution in [0.1, 0.15) is 24.5 Å². The number of ether oxygens (including phenoxy) is 3. The van der Waals surface area contributed by atoms with Crippen LogP contribution in [0.4, 0.5) is 0 Å². The van der Waals surface area contributed by atoms with E-state index in [2.05, 4.69) is 49.3 Å². The number of benzene rings is 2. The van der Waals surface area contributed by atoms with Crippen LogP contribution in [0.2, 0.25) is 0 Å². The first-order valence-corrected chi connectivity index (χ1v) is 9.76. The lowest BCUT2D eigenvalue weighted by atomic mass is 10.2. The van der Waals surface area contributed by atoms with E-state index in [4.69, 9.17) is 14.2 Å². The van der Waals surface area contributed by atoms with E-state index < -0.39 is 0 Å². The zero-order valence-corrected chi connectivity index (χ0v) is 18.2. The summed E-state index contributed by atoms with van der Waals surface area (Å²) < 4.78 is 18.0. The maximum absolute atomic E-state index is 5.72. The van der Waals surface area contributed by atoms with Crippen LogP contribution in [0.25, 0.3) is 0 Å². The Morgan fingerprint density at radius 3 is 2.35 bits per heavy atom. The summed E-state index contributed by atoms with van der Waals surface area (Å²) in [7, 11) is 3.24. The van der Waals surface area contributed by atoms with Gasteiger partial charge in [-0.05, 0) is 73.7 Å². The molecule has 0 spiro atoms. The molecule has 2 rings (SSSR count). The lowest BCUT2D eigenvalue weighted by molar-refractivity contribution is 0.313. The van der Waals surface area contributed by atoms with Crippen molar-refractivity contribution in [1.82, 2.24) is 5.43 Å². The van der Waals surface area contributed by atoms with Crippen LogP contribution < -0.4 is 19.6 Å². The molecule has 0 aliphatic heterocycles. The number of methoxy groups -OCH3 is 2. The predicted octanol–water partition coefficient (Wildman–Crippen LogP) is 5.14. The summed E-state index contributed by atoms with van der Waals surface area (Å²) in [4.78, 5) is 0. The van der Waals surface area contributed by atoms with Crippen molar-refractivity contribution in [2.45, 2.75) is 19.9 Å². The normalized spacial score (nSPS) is 10.8. The van der Waals surface area contributed by atoms with Gasteiger partial charge in [0.1, 0.15) is 5.75 Å². The number of hydrogen-bond acceptors (Lipinski definition) is 5. The van der Waals surface area contributed by atoms with Gasteiger partial charge in [0.25, 0.3) is 0 Å². The monoisotopic (exact) mass is 484 g/mol. The third kappa shape index (κ3) is 5.64. The van der Waals surface area contributed by atoms with Crippen molar-refractivity contribution in [2.75, 3.05) is 20.8 Å². The second kappa shape index (κ2) is 10.4. The second-order valence-corrected chi connectivity index (χ2v) is 7.15. The first kappa shape index (κ1) is 20.6. The quantitative estimate of drug-likeness (QED) is 0.394. The highest BCUT2D eigenvalue weighted by Crippen LogP contribution is 2.34. The van der Waals surface area contributed by atoms with Gasteiger partial charge in [0.15, 0.2) is 11.5 Å². The second-order valence-electron chi connectivity index (χ2n) is 5.44. The molecule has 140 valence electrons. The highest BCUT2D eigenvalue weighted by atomic mass is 79.9. The summed E-state index contributed by atoms with van der Waals surface area (Å²) in [6, 6.07) is 9.71. The molecule has 0 aliphatic rings. The number of hydrazone groups is 1. The minimum Gasteiger partial charge on any atom is -0.493 e. The molecule has 26 heavy (non-hydrogen) atoms. The maximum atomic E-state index is 5.72. The van der Waals surface area contributed by atoms with Crippen LogP contribution in [0.3, 0.4) is 0 Å². The number of nitrogens with one attached hydrogen (secondary N) is 1. The summed E-state index contributed by atoms with van der Waals surface area (Å²) in [6.45, 7) is 3.33. The van der Waals surface area contributed by atoms with Crippen LogP contribution in [-0.2, 0) is 6.54 Å². The van der Waals surface area contributed by atoms with Crippen LogP contribution in [0.5, 0.6) is 17.2 Å². The van der Waals surface area contributed by atoms with Crippen LogP contribution in [0.15, 0.2) is 44.4 Å². The van der Waals surface area contributed by atoms with E-state index in [0.717, 1.165) is 32.2 Å². The molecule has 0 fully saturated rings. The van der Waals surface area contributed by atoms with E-state index in [9.17, 15) is 0 Å². The minimum absolute atomic E-state index is 0.580. The number of nitrogens with zero attached hydrogens (tertiary/aromatic N) is 1. The molecule has 0 radical (unpaired) electrons. The predicted molar refractivity (Wildman–Crippen MR) is 112 cm³/mol. The third-order valence-electron chi connectivity index (χ3n) is 3.51. The van der Waals surface area contributed by atoms with Gasteiger partial charge in [-0.3, -0.25) is 0 Å². The van der Waals surface area contributed by atoms with E-state index >= 15 is 0 Å². The molecule has 0 saturated carbocycles. The molecule has 0 unspecified atom stereocenters. The Bertz CT molecular complexity index is 743. The third-order valence-corrected chi connectivity index (χ3v) is 4.69. The van der Waals surface area contributed by atoms with Gasteiger partial charge in [0, 0.05) is 0 Å². The molecule has 0 bridgehead atoms. The van der Waals surface area contributed by atoms with Crippen molar-refractivity contribution in [1.29, 1.82) is 0 Å². The topological polar surface area (TPSA) is 52.1 Å². The highest BCUT2D eigenvalue weighted by molar-refractivity contribution is 9.11. The fraction of sp³-hybridized carbons (Fsp3) is 0.316. The lowest BCUT2D eigenvalue weighted by Gasteiger charge is -2.10. The molecule has 0 aliphatic carbocycles. The van der Waals surface area contributed by atoms with Gasteiger partial charge in [-0.25, -0.2) is 0 Å². The first-order chi connectivity index (χ1) is 12.6. The van der Waals surface area contributed by atoms with E-state index in [0.29, 0.717) is 24.7 Å². The van der Waals surface area contributed by atoms with Crippen molar-refractivity contribution in [2.24, 2.45) is 5.10 Å². The minimum atomic E-state index is 0.580. The summed E-state index contributed by atoms with van der Waals surface area (Å²) in [6.07, 6.45) is 2.72. The Morgan fingerprint density at radius 1 is 1.04 bits per heavy atom. The highest BCUT2D eigenvalue weighted by Gasteiger charge is 2.08. The largest absolute Gasteiger partial charge is 0.493 e. The van der Waals surface area contributed by atoms with Crippen LogP contribution in [0, 0.1) is 0 Å². The molecule has 0 amide bonds. The van der Waals surface area contributed by atoms with Crippen molar-refractivity contribution in [3.8, 4) is 17.2 Å². The molecule has 2 aromatic rings. The molecule has 0 aromatic heterocycles. The Labute approximate surface area is 171 Å². The number of hydrogen-bond donors (Lipinski definition) is 1. The molecule has 0 heterocycles. The molecule has 0 atom stereocenters. The smallest absolute Gasteiger partial charge is 0.161 e. The average molecular weight is 486 g/mol. The van der Waals surface area contributed by atoms with Crippen LogP contribution in [-0.4, -0.2) is 27.0 Å². The number of halogens is 2. The van der Waals surface area contributed by atoms with E-state index in [1.165, 1.54) is 0 Å². The van der Waals surface area contributed by atoms with Crippen molar-refractivity contribution >= 4 is 38.1 Å². The van der Waals surface area contributed by atoms with Crippen LogP contribution >= 0.6 is 31.9 Å². The maximum Gasteiger partial charge on any atom is 0.161 e. The van der Waals surface area contributed by atoms with Gasteiger partial charge in [-0.2, -0.15) is 5.10 Å². The molecule has 2 aromatic carbocycles. The summed E-state index contributed by atoms with van der Waals surface area (Å²) in [5, 5.41) is 4.28. The molecule has 1 N–H and O–H groups in total. The van der Waals surface area contributed by atoms with Crippen molar-refractivity contribution in [3.63, 3.8) is 0 Å². The Morgan fingerprint density at radius 2 is 1.73 bits per heavy atom. The Balaban J connectivity index is 1.98. The summed E-state index contributed by atoms with van der Waals surface area (Å²) >= 11 is 7.08. The van der Waals surface area contributed by atoms with E-state index in [-0.39, 0.29) is 0 Å².